The molecule has 0 aliphatic carbocycles. The fourth-order valence-corrected chi connectivity index (χ4v) is 5.31. The highest BCUT2D eigenvalue weighted by Crippen LogP contribution is 2.41. The molecule has 4 aromatic rings. The molecule has 0 unspecified atom stereocenters. The number of fused-ring (bicyclic) bond motifs is 4. The summed E-state index contributed by atoms with van der Waals surface area (Å²) in [5, 5.41) is 0. The van der Waals surface area contributed by atoms with E-state index in [1.54, 1.807) is 36.4 Å². The Hall–Kier alpha value is -3.57. The summed E-state index contributed by atoms with van der Waals surface area (Å²) in [6.45, 7) is 0.527. The highest BCUT2D eigenvalue weighted by Gasteiger charge is 2.28. The monoisotopic (exact) mass is 428 g/mol. The Morgan fingerprint density at radius 1 is 0.613 bits per heavy atom. The molecule has 0 spiro atoms. The lowest BCUT2D eigenvalue weighted by Crippen LogP contribution is -2.10. The van der Waals surface area contributed by atoms with E-state index in [0.29, 0.717) is 11.5 Å². The Morgan fingerprint density at radius 3 is 2.06 bits per heavy atom. The van der Waals surface area contributed by atoms with Crippen molar-refractivity contribution in [2.45, 2.75) is 23.0 Å². The molecule has 1 heterocycles. The van der Waals surface area contributed by atoms with Crippen LogP contribution in [-0.4, -0.2) is 8.42 Å². The van der Waals surface area contributed by atoms with Crippen molar-refractivity contribution in [2.24, 2.45) is 0 Å². The lowest BCUT2D eigenvalue weighted by atomic mass is 10.0. The molecule has 0 amide bonds. The minimum atomic E-state index is -3.89. The Morgan fingerprint density at radius 2 is 1.26 bits per heavy atom. The second-order valence-electron chi connectivity index (χ2n) is 7.35. The molecule has 4 aromatic carbocycles. The maximum atomic E-state index is 13.8. The van der Waals surface area contributed by atoms with E-state index in [0.717, 1.165) is 22.3 Å². The van der Waals surface area contributed by atoms with Crippen LogP contribution in [0.15, 0.2) is 107 Å². The first-order valence-electron chi connectivity index (χ1n) is 9.99. The van der Waals surface area contributed by atoms with Gasteiger partial charge in [0, 0.05) is 5.56 Å². The molecule has 5 rings (SSSR count). The van der Waals surface area contributed by atoms with Crippen LogP contribution in [0.3, 0.4) is 0 Å². The van der Waals surface area contributed by atoms with E-state index in [4.69, 9.17) is 9.47 Å². The number of rotatable bonds is 1. The fourth-order valence-electron chi connectivity index (χ4n) is 3.76. The topological polar surface area (TPSA) is 52.6 Å². The van der Waals surface area contributed by atoms with Gasteiger partial charge in [0.1, 0.15) is 34.5 Å². The molecular weight excluding hydrogens is 408 g/mol. The number of hydrogen-bond acceptors (Lipinski definition) is 4. The van der Waals surface area contributed by atoms with E-state index < -0.39 is 9.84 Å². The van der Waals surface area contributed by atoms with Gasteiger partial charge in [-0.15, -0.1) is 0 Å². The summed E-state index contributed by atoms with van der Waals surface area (Å²) >= 11 is 0. The van der Waals surface area contributed by atoms with Crippen LogP contribution in [0.5, 0.6) is 11.5 Å². The lowest BCUT2D eigenvalue weighted by molar-refractivity contribution is 0.290. The van der Waals surface area contributed by atoms with E-state index >= 15 is 0 Å². The number of ether oxygens (including phenoxy) is 2. The summed E-state index contributed by atoms with van der Waals surface area (Å²) in [4.78, 5) is 0.253. The van der Waals surface area contributed by atoms with Crippen LogP contribution in [0.2, 0.25) is 0 Å². The molecule has 1 aliphatic rings. The van der Waals surface area contributed by atoms with Crippen molar-refractivity contribution in [1.82, 2.24) is 0 Å². The zero-order chi connectivity index (χ0) is 21.3. The fraction of sp³-hybridized carbons (Fsp3) is 0.0769. The van der Waals surface area contributed by atoms with E-state index in [1.807, 2.05) is 60.7 Å². The van der Waals surface area contributed by atoms with Crippen LogP contribution in [0.1, 0.15) is 11.1 Å². The van der Waals surface area contributed by atoms with E-state index in [2.05, 4.69) is 0 Å². The summed E-state index contributed by atoms with van der Waals surface area (Å²) in [5.74, 6) is 0.666. The Labute approximate surface area is 181 Å². The third-order valence-corrected chi connectivity index (χ3v) is 7.08. The summed E-state index contributed by atoms with van der Waals surface area (Å²) in [7, 11) is -3.89. The van der Waals surface area contributed by atoms with Gasteiger partial charge in [-0.2, -0.15) is 0 Å². The minimum absolute atomic E-state index is 0.127. The van der Waals surface area contributed by atoms with Gasteiger partial charge in [-0.1, -0.05) is 72.8 Å². The zero-order valence-electron chi connectivity index (χ0n) is 16.7. The van der Waals surface area contributed by atoms with E-state index in [1.165, 1.54) is 0 Å². The largest absolute Gasteiger partial charge is 0.488 e. The maximum Gasteiger partial charge on any atom is 0.213 e. The van der Waals surface area contributed by atoms with Crippen LogP contribution in [-0.2, 0) is 23.1 Å². The van der Waals surface area contributed by atoms with E-state index in [-0.39, 0.29) is 23.0 Å². The number of benzene rings is 4. The van der Waals surface area contributed by atoms with Gasteiger partial charge in [0.15, 0.2) is 0 Å². The van der Waals surface area contributed by atoms with Gasteiger partial charge < -0.3 is 9.47 Å². The first-order chi connectivity index (χ1) is 15.1. The van der Waals surface area contributed by atoms with Crippen LogP contribution in [0, 0.1) is 0 Å². The summed E-state index contributed by atoms with van der Waals surface area (Å²) < 4.78 is 39.7. The first-order valence-corrected chi connectivity index (χ1v) is 11.5. The van der Waals surface area contributed by atoms with Crippen LogP contribution in [0.25, 0.3) is 11.1 Å². The lowest BCUT2D eigenvalue weighted by Gasteiger charge is -2.19. The van der Waals surface area contributed by atoms with Gasteiger partial charge in [0.05, 0.1) is 0 Å². The smallest absolute Gasteiger partial charge is 0.213 e. The highest BCUT2D eigenvalue weighted by atomic mass is 32.2. The van der Waals surface area contributed by atoms with Crippen molar-refractivity contribution in [3.05, 3.63) is 108 Å². The number of para-hydroxylation sites is 2. The molecule has 5 heteroatoms. The average molecular weight is 429 g/mol. The predicted molar refractivity (Wildman–Crippen MR) is 119 cm³/mol. The van der Waals surface area contributed by atoms with Crippen LogP contribution < -0.4 is 9.47 Å². The molecule has 0 atom stereocenters. The van der Waals surface area contributed by atoms with Gasteiger partial charge in [-0.25, -0.2) is 8.42 Å². The summed E-state index contributed by atoms with van der Waals surface area (Å²) in [5.41, 5.74) is 3.51. The zero-order valence-corrected chi connectivity index (χ0v) is 17.5. The molecule has 0 saturated carbocycles. The van der Waals surface area contributed by atoms with Crippen molar-refractivity contribution in [2.75, 3.05) is 0 Å². The Kier molecular flexibility index (Phi) is 4.96. The van der Waals surface area contributed by atoms with Crippen LogP contribution >= 0.6 is 0 Å². The average Bonchev–Trinajstić information content (AvgIpc) is 2.81. The molecule has 0 aromatic heterocycles. The number of hydrogen-bond donors (Lipinski definition) is 0. The molecule has 31 heavy (non-hydrogen) atoms. The molecule has 1 aliphatic heterocycles. The third-order valence-electron chi connectivity index (χ3n) is 5.26. The van der Waals surface area contributed by atoms with E-state index in [9.17, 15) is 8.42 Å². The molecule has 0 fully saturated rings. The van der Waals surface area contributed by atoms with Crippen LogP contribution in [0.4, 0.5) is 0 Å². The van der Waals surface area contributed by atoms with Crippen molar-refractivity contribution in [3.8, 4) is 22.6 Å². The highest BCUT2D eigenvalue weighted by molar-refractivity contribution is 7.91. The molecule has 4 nitrogen and oxygen atoms in total. The van der Waals surface area contributed by atoms with Gasteiger partial charge in [-0.05, 0) is 41.0 Å². The minimum Gasteiger partial charge on any atom is -0.488 e. The van der Waals surface area contributed by atoms with Crippen molar-refractivity contribution in [3.63, 3.8) is 0 Å². The molecule has 0 radical (unpaired) electrons. The second kappa shape index (κ2) is 7.93. The first kappa shape index (κ1) is 19.4. The van der Waals surface area contributed by atoms with Gasteiger partial charge in [-0.3, -0.25) is 0 Å². The third kappa shape index (κ3) is 3.68. The van der Waals surface area contributed by atoms with Crippen molar-refractivity contribution in [1.29, 1.82) is 0 Å². The molecule has 0 saturated heterocycles. The molecular formula is C26H20O4S. The van der Waals surface area contributed by atoms with Gasteiger partial charge in [0.25, 0.3) is 0 Å². The van der Waals surface area contributed by atoms with Gasteiger partial charge >= 0.3 is 0 Å². The van der Waals surface area contributed by atoms with Crippen molar-refractivity contribution < 1.29 is 17.9 Å². The molecule has 2 bridgehead atoms. The Balaban J connectivity index is 1.77. The maximum absolute atomic E-state index is 13.8. The molecule has 0 N–H and O–H groups in total. The summed E-state index contributed by atoms with van der Waals surface area (Å²) in [6, 6.07) is 29.5. The Bertz CT molecular complexity index is 1340. The quantitative estimate of drug-likeness (QED) is 0.393. The standard InChI is InChI=1S/C26H20O4S/c27-31(28)24-14-5-4-13-23(24)29-17-19-8-6-9-20(16-19)18-30-26-22(12-7-15-25(26)31)21-10-2-1-3-11-21/h1-16H,17-18H2. The van der Waals surface area contributed by atoms with Gasteiger partial charge in [0.2, 0.25) is 9.84 Å². The predicted octanol–water partition coefficient (Wildman–Crippen LogP) is 5.66. The normalized spacial score (nSPS) is 14.6. The van der Waals surface area contributed by atoms with Crippen molar-refractivity contribution >= 4 is 9.84 Å². The number of sulfone groups is 1. The molecule has 154 valence electrons. The second-order valence-corrected chi connectivity index (χ2v) is 9.23. The SMILES string of the molecule is O=S1(=O)c2ccccc2OCc2cccc(c2)COc2c(-c3ccccc3)cccc21. The summed E-state index contributed by atoms with van der Waals surface area (Å²) in [6.07, 6.45) is 0.